The first kappa shape index (κ1) is 13.3. The molecule has 3 nitrogen and oxygen atoms in total. The first-order valence-corrected chi connectivity index (χ1v) is 6.56. The van der Waals surface area contributed by atoms with Crippen LogP contribution in [-0.2, 0) is 0 Å². The number of methoxy groups -OCH3 is 2. The highest BCUT2D eigenvalue weighted by molar-refractivity contribution is 9.09. The second-order valence-corrected chi connectivity index (χ2v) is 4.90. The van der Waals surface area contributed by atoms with Crippen molar-refractivity contribution in [2.24, 2.45) is 0 Å². The predicted molar refractivity (Wildman–Crippen MR) is 74.0 cm³/mol. The fraction of sp³-hybridized carbons (Fsp3) is 0.231. The maximum absolute atomic E-state index is 5.77. The summed E-state index contributed by atoms with van der Waals surface area (Å²) in [5.74, 6) is 2.19. The lowest BCUT2D eigenvalue weighted by molar-refractivity contribution is 0.390. The van der Waals surface area contributed by atoms with Crippen LogP contribution >= 0.6 is 27.5 Å². The molecule has 1 aromatic heterocycles. The minimum absolute atomic E-state index is 0.120. The van der Waals surface area contributed by atoms with Crippen molar-refractivity contribution >= 4 is 27.5 Å². The highest BCUT2D eigenvalue weighted by Gasteiger charge is 2.19. The van der Waals surface area contributed by atoms with Crippen LogP contribution in [0.25, 0.3) is 0 Å². The van der Waals surface area contributed by atoms with Gasteiger partial charge in [0.05, 0.1) is 14.2 Å². The molecule has 96 valence electrons. The van der Waals surface area contributed by atoms with E-state index < -0.39 is 0 Å². The number of hydrogen-bond donors (Lipinski definition) is 0. The largest absolute Gasteiger partial charge is 0.497 e. The van der Waals surface area contributed by atoms with E-state index in [1.54, 1.807) is 20.3 Å². The summed E-state index contributed by atoms with van der Waals surface area (Å²) in [7, 11) is 3.24. The Morgan fingerprint density at radius 2 is 1.94 bits per heavy atom. The topological polar surface area (TPSA) is 31.6 Å². The highest BCUT2D eigenvalue weighted by atomic mass is 79.9. The molecule has 0 saturated heterocycles. The highest BCUT2D eigenvalue weighted by Crippen LogP contribution is 2.39. The molecule has 2 aromatic rings. The lowest BCUT2D eigenvalue weighted by Crippen LogP contribution is -1.96. The quantitative estimate of drug-likeness (QED) is 0.777. The van der Waals surface area contributed by atoms with E-state index in [0.717, 1.165) is 22.8 Å². The molecule has 0 saturated carbocycles. The van der Waals surface area contributed by atoms with Crippen LogP contribution in [0.3, 0.4) is 0 Å². The number of hydrogen-bond acceptors (Lipinski definition) is 3. The van der Waals surface area contributed by atoms with E-state index in [2.05, 4.69) is 15.9 Å². The van der Waals surface area contributed by atoms with E-state index in [0.29, 0.717) is 5.22 Å². The minimum atomic E-state index is -0.120. The average Bonchev–Trinajstić information content (AvgIpc) is 2.83. The average molecular weight is 332 g/mol. The molecule has 0 aliphatic carbocycles. The Morgan fingerprint density at radius 3 is 2.50 bits per heavy atom. The van der Waals surface area contributed by atoms with Crippen molar-refractivity contribution in [1.82, 2.24) is 0 Å². The van der Waals surface area contributed by atoms with Gasteiger partial charge >= 0.3 is 0 Å². The zero-order chi connectivity index (χ0) is 13.1. The number of alkyl halides is 1. The second kappa shape index (κ2) is 5.67. The van der Waals surface area contributed by atoms with Crippen molar-refractivity contribution in [2.75, 3.05) is 14.2 Å². The van der Waals surface area contributed by atoms with E-state index >= 15 is 0 Å². The fourth-order valence-corrected chi connectivity index (χ4v) is 2.42. The molecule has 1 aromatic carbocycles. The van der Waals surface area contributed by atoms with Gasteiger partial charge in [-0.15, -0.1) is 0 Å². The van der Waals surface area contributed by atoms with Crippen LogP contribution in [0, 0.1) is 0 Å². The number of benzene rings is 1. The molecule has 0 aliphatic rings. The molecule has 0 amide bonds. The van der Waals surface area contributed by atoms with Gasteiger partial charge in [-0.2, -0.15) is 0 Å². The van der Waals surface area contributed by atoms with Crippen molar-refractivity contribution in [3.05, 3.63) is 46.9 Å². The summed E-state index contributed by atoms with van der Waals surface area (Å²) in [6, 6.07) is 9.16. The summed E-state index contributed by atoms with van der Waals surface area (Å²) in [6.07, 6.45) is 0. The lowest BCUT2D eigenvalue weighted by Gasteiger charge is -2.13. The maximum Gasteiger partial charge on any atom is 0.193 e. The van der Waals surface area contributed by atoms with Crippen LogP contribution in [0.5, 0.6) is 11.5 Å². The molecule has 1 atom stereocenters. The monoisotopic (exact) mass is 330 g/mol. The zero-order valence-electron chi connectivity index (χ0n) is 9.94. The minimum Gasteiger partial charge on any atom is -0.497 e. The number of halogens is 2. The van der Waals surface area contributed by atoms with E-state index in [9.17, 15) is 0 Å². The third kappa shape index (κ3) is 2.65. The van der Waals surface area contributed by atoms with E-state index in [4.69, 9.17) is 25.5 Å². The Morgan fingerprint density at radius 1 is 1.17 bits per heavy atom. The molecule has 1 unspecified atom stereocenters. The summed E-state index contributed by atoms with van der Waals surface area (Å²) in [6.45, 7) is 0. The summed E-state index contributed by atoms with van der Waals surface area (Å²) >= 11 is 9.35. The smallest absolute Gasteiger partial charge is 0.193 e. The standard InChI is InChI=1S/C13H12BrClO3/c1-16-8-3-4-9(11(7-8)17-2)13(14)10-5-6-12(15)18-10/h3-7,13H,1-2H3. The Labute approximate surface area is 119 Å². The Kier molecular flexibility index (Phi) is 4.19. The van der Waals surface area contributed by atoms with Gasteiger partial charge in [-0.3, -0.25) is 0 Å². The van der Waals surface area contributed by atoms with Gasteiger partial charge in [0.25, 0.3) is 0 Å². The summed E-state index contributed by atoms with van der Waals surface area (Å²) in [5, 5.41) is 0.363. The first-order chi connectivity index (χ1) is 8.65. The number of ether oxygens (including phenoxy) is 2. The molecule has 18 heavy (non-hydrogen) atoms. The second-order valence-electron chi connectivity index (χ2n) is 3.61. The molecular weight excluding hydrogens is 319 g/mol. The first-order valence-electron chi connectivity index (χ1n) is 5.27. The van der Waals surface area contributed by atoms with Gasteiger partial charge in [0.1, 0.15) is 22.1 Å². The SMILES string of the molecule is COc1ccc(C(Br)c2ccc(Cl)o2)c(OC)c1. The van der Waals surface area contributed by atoms with Crippen LogP contribution in [0.1, 0.15) is 16.2 Å². The number of furan rings is 1. The third-order valence-electron chi connectivity index (χ3n) is 2.56. The molecule has 0 N–H and O–H groups in total. The van der Waals surface area contributed by atoms with E-state index in [-0.39, 0.29) is 4.83 Å². The fourth-order valence-electron chi connectivity index (χ4n) is 1.65. The molecular formula is C13H12BrClO3. The molecule has 0 aliphatic heterocycles. The zero-order valence-corrected chi connectivity index (χ0v) is 12.3. The molecule has 0 spiro atoms. The van der Waals surface area contributed by atoms with Crippen molar-refractivity contribution in [2.45, 2.75) is 4.83 Å². The van der Waals surface area contributed by atoms with E-state index in [1.165, 1.54) is 0 Å². The normalized spacial score (nSPS) is 12.2. The summed E-state index contributed by atoms with van der Waals surface area (Å²) < 4.78 is 15.9. The van der Waals surface area contributed by atoms with Crippen LogP contribution in [0.15, 0.2) is 34.7 Å². The summed E-state index contributed by atoms with van der Waals surface area (Å²) in [5.41, 5.74) is 0.948. The Balaban J connectivity index is 2.38. The predicted octanol–water partition coefficient (Wildman–Crippen LogP) is 4.43. The van der Waals surface area contributed by atoms with Crippen LogP contribution in [0.4, 0.5) is 0 Å². The molecule has 0 bridgehead atoms. The van der Waals surface area contributed by atoms with Crippen molar-refractivity contribution < 1.29 is 13.9 Å². The van der Waals surface area contributed by atoms with Gasteiger partial charge in [-0.05, 0) is 29.8 Å². The third-order valence-corrected chi connectivity index (χ3v) is 3.71. The van der Waals surface area contributed by atoms with Gasteiger partial charge in [0.15, 0.2) is 5.22 Å². The molecule has 0 fully saturated rings. The molecule has 0 radical (unpaired) electrons. The van der Waals surface area contributed by atoms with Gasteiger partial charge in [-0.1, -0.05) is 22.0 Å². The molecule has 5 heteroatoms. The van der Waals surface area contributed by atoms with E-state index in [1.807, 2.05) is 24.3 Å². The van der Waals surface area contributed by atoms with Crippen molar-refractivity contribution in [3.8, 4) is 11.5 Å². The lowest BCUT2D eigenvalue weighted by atomic mass is 10.1. The van der Waals surface area contributed by atoms with Crippen LogP contribution in [-0.4, -0.2) is 14.2 Å². The van der Waals surface area contributed by atoms with Gasteiger partial charge in [0.2, 0.25) is 0 Å². The number of rotatable bonds is 4. The summed E-state index contributed by atoms with van der Waals surface area (Å²) in [4.78, 5) is -0.120. The van der Waals surface area contributed by atoms with Crippen LogP contribution < -0.4 is 9.47 Å². The maximum atomic E-state index is 5.77. The Bertz CT molecular complexity index is 539. The molecule has 1 heterocycles. The van der Waals surface area contributed by atoms with Crippen LogP contribution in [0.2, 0.25) is 5.22 Å². The van der Waals surface area contributed by atoms with Crippen molar-refractivity contribution in [1.29, 1.82) is 0 Å². The van der Waals surface area contributed by atoms with Crippen molar-refractivity contribution in [3.63, 3.8) is 0 Å². The molecule has 2 rings (SSSR count). The van der Waals surface area contributed by atoms with Gasteiger partial charge < -0.3 is 13.9 Å². The van der Waals surface area contributed by atoms with Gasteiger partial charge in [-0.25, -0.2) is 0 Å². The Hall–Kier alpha value is -1.13. The van der Waals surface area contributed by atoms with Gasteiger partial charge in [0, 0.05) is 11.6 Å².